The van der Waals surface area contributed by atoms with E-state index in [9.17, 15) is 13.2 Å². The quantitative estimate of drug-likeness (QED) is 0.477. The van der Waals surface area contributed by atoms with Crippen LogP contribution in [0.25, 0.3) is 11.0 Å². The molecule has 1 amide bonds. The third-order valence-corrected chi connectivity index (χ3v) is 7.99. The lowest BCUT2D eigenvalue weighted by molar-refractivity contribution is -0.133. The molecule has 1 aliphatic heterocycles. The van der Waals surface area contributed by atoms with Crippen LogP contribution in [0.15, 0.2) is 53.1 Å². The molecule has 7 heteroatoms. The van der Waals surface area contributed by atoms with Crippen molar-refractivity contribution in [2.45, 2.75) is 52.1 Å². The lowest BCUT2D eigenvalue weighted by Gasteiger charge is -2.28. The van der Waals surface area contributed by atoms with E-state index in [-0.39, 0.29) is 29.9 Å². The summed E-state index contributed by atoms with van der Waals surface area (Å²) in [5, 5.41) is 0.939. The van der Waals surface area contributed by atoms with Crippen LogP contribution in [0, 0.1) is 0 Å². The van der Waals surface area contributed by atoms with Gasteiger partial charge < -0.3 is 14.1 Å². The minimum Gasteiger partial charge on any atom is -0.494 e. The number of carbonyl (C=O) groups is 1. The van der Waals surface area contributed by atoms with Gasteiger partial charge in [-0.1, -0.05) is 32.0 Å². The first-order chi connectivity index (χ1) is 15.8. The molecule has 2 aromatic carbocycles. The zero-order valence-corrected chi connectivity index (χ0v) is 20.2. The predicted octanol–water partition coefficient (Wildman–Crippen LogP) is 4.71. The largest absolute Gasteiger partial charge is 0.494 e. The van der Waals surface area contributed by atoms with Gasteiger partial charge in [0, 0.05) is 23.5 Å². The molecule has 1 aromatic heterocycles. The van der Waals surface area contributed by atoms with E-state index >= 15 is 0 Å². The van der Waals surface area contributed by atoms with Crippen molar-refractivity contribution in [3.8, 4) is 5.75 Å². The maximum absolute atomic E-state index is 13.5. The monoisotopic (exact) mass is 469 g/mol. The Morgan fingerprint density at radius 3 is 2.58 bits per heavy atom. The van der Waals surface area contributed by atoms with Gasteiger partial charge in [0.05, 0.1) is 30.8 Å². The van der Waals surface area contributed by atoms with Gasteiger partial charge in [-0.2, -0.15) is 0 Å². The van der Waals surface area contributed by atoms with Gasteiger partial charge in [-0.25, -0.2) is 8.42 Å². The normalized spacial score (nSPS) is 17.5. The summed E-state index contributed by atoms with van der Waals surface area (Å²) in [4.78, 5) is 15.2. The van der Waals surface area contributed by atoms with E-state index in [0.717, 1.165) is 27.8 Å². The second kappa shape index (κ2) is 9.59. The molecule has 1 aliphatic rings. The fraction of sp³-hybridized carbons (Fsp3) is 0.423. The van der Waals surface area contributed by atoms with Crippen LogP contribution in [0.2, 0.25) is 0 Å². The second-order valence-electron chi connectivity index (χ2n) is 9.00. The van der Waals surface area contributed by atoms with Crippen molar-refractivity contribution in [3.05, 3.63) is 65.4 Å². The van der Waals surface area contributed by atoms with E-state index in [1.807, 2.05) is 43.3 Å². The topological polar surface area (TPSA) is 76.8 Å². The first-order valence-electron chi connectivity index (χ1n) is 11.5. The van der Waals surface area contributed by atoms with Crippen molar-refractivity contribution >= 4 is 26.7 Å². The minimum atomic E-state index is -3.12. The Morgan fingerprint density at radius 2 is 1.94 bits per heavy atom. The van der Waals surface area contributed by atoms with Crippen LogP contribution in [-0.4, -0.2) is 43.4 Å². The molecule has 0 saturated carbocycles. The van der Waals surface area contributed by atoms with Crippen LogP contribution in [0.1, 0.15) is 49.8 Å². The number of hydrogen-bond donors (Lipinski definition) is 0. The molecule has 1 fully saturated rings. The van der Waals surface area contributed by atoms with E-state index in [2.05, 4.69) is 19.9 Å². The Hall–Kier alpha value is -2.80. The molecule has 0 radical (unpaired) electrons. The van der Waals surface area contributed by atoms with Crippen molar-refractivity contribution in [2.75, 3.05) is 18.1 Å². The summed E-state index contributed by atoms with van der Waals surface area (Å²) in [5.41, 5.74) is 3.71. The lowest BCUT2D eigenvalue weighted by Crippen LogP contribution is -2.41. The SMILES string of the molecule is CCOc1ccc(CN(C(=O)Cc2coc3ccc(C(C)C)cc23)C2CCS(=O)(=O)C2)cc1. The third-order valence-electron chi connectivity index (χ3n) is 6.24. The Labute approximate surface area is 195 Å². The van der Waals surface area contributed by atoms with Crippen molar-refractivity contribution in [1.29, 1.82) is 0 Å². The number of fused-ring (bicyclic) bond motifs is 1. The average Bonchev–Trinajstić information content (AvgIpc) is 3.35. The van der Waals surface area contributed by atoms with Crippen LogP contribution in [0.4, 0.5) is 0 Å². The summed E-state index contributed by atoms with van der Waals surface area (Å²) < 4.78 is 35.5. The highest BCUT2D eigenvalue weighted by Crippen LogP contribution is 2.28. The number of amides is 1. The maximum Gasteiger partial charge on any atom is 0.227 e. The van der Waals surface area contributed by atoms with Gasteiger partial charge in [0.2, 0.25) is 5.91 Å². The highest BCUT2D eigenvalue weighted by Gasteiger charge is 2.35. The molecule has 1 atom stereocenters. The number of carbonyl (C=O) groups excluding carboxylic acids is 1. The summed E-state index contributed by atoms with van der Waals surface area (Å²) in [6.45, 7) is 7.13. The predicted molar refractivity (Wildman–Crippen MR) is 129 cm³/mol. The summed E-state index contributed by atoms with van der Waals surface area (Å²) in [6, 6.07) is 13.4. The molecule has 4 rings (SSSR count). The Bertz CT molecular complexity index is 1230. The molecular weight excluding hydrogens is 438 g/mol. The molecule has 2 heterocycles. The van der Waals surface area contributed by atoms with Crippen LogP contribution < -0.4 is 4.74 Å². The number of nitrogens with zero attached hydrogens (tertiary/aromatic N) is 1. The number of hydrogen-bond acceptors (Lipinski definition) is 5. The Morgan fingerprint density at radius 1 is 1.18 bits per heavy atom. The number of furan rings is 1. The molecular formula is C26H31NO5S. The summed E-state index contributed by atoms with van der Waals surface area (Å²) in [5.74, 6) is 1.18. The van der Waals surface area contributed by atoms with Crippen molar-refractivity contribution < 1.29 is 22.4 Å². The van der Waals surface area contributed by atoms with E-state index in [0.29, 0.717) is 25.5 Å². The number of rotatable bonds is 8. The number of ether oxygens (including phenoxy) is 1. The molecule has 1 saturated heterocycles. The first-order valence-corrected chi connectivity index (χ1v) is 13.3. The fourth-order valence-electron chi connectivity index (χ4n) is 4.36. The Kier molecular flexibility index (Phi) is 6.79. The highest BCUT2D eigenvalue weighted by molar-refractivity contribution is 7.91. The zero-order chi connectivity index (χ0) is 23.6. The summed E-state index contributed by atoms with van der Waals surface area (Å²) in [6.07, 6.45) is 2.28. The van der Waals surface area contributed by atoms with Crippen LogP contribution in [-0.2, 0) is 27.6 Å². The van der Waals surface area contributed by atoms with E-state index < -0.39 is 9.84 Å². The maximum atomic E-state index is 13.5. The van der Waals surface area contributed by atoms with Gasteiger partial charge in [-0.15, -0.1) is 0 Å². The van der Waals surface area contributed by atoms with Crippen molar-refractivity contribution in [3.63, 3.8) is 0 Å². The van der Waals surface area contributed by atoms with Gasteiger partial charge in [-0.3, -0.25) is 4.79 Å². The molecule has 0 bridgehead atoms. The van der Waals surface area contributed by atoms with Crippen LogP contribution >= 0.6 is 0 Å². The number of benzene rings is 2. The van der Waals surface area contributed by atoms with E-state index in [4.69, 9.17) is 9.15 Å². The van der Waals surface area contributed by atoms with Gasteiger partial charge in [0.15, 0.2) is 9.84 Å². The fourth-order valence-corrected chi connectivity index (χ4v) is 6.09. The molecule has 33 heavy (non-hydrogen) atoms. The molecule has 0 N–H and O–H groups in total. The van der Waals surface area contributed by atoms with E-state index in [1.54, 1.807) is 11.2 Å². The highest BCUT2D eigenvalue weighted by atomic mass is 32.2. The smallest absolute Gasteiger partial charge is 0.227 e. The van der Waals surface area contributed by atoms with Crippen LogP contribution in [0.3, 0.4) is 0 Å². The third kappa shape index (κ3) is 5.41. The molecule has 0 spiro atoms. The Balaban J connectivity index is 1.59. The van der Waals surface area contributed by atoms with Crippen molar-refractivity contribution in [1.82, 2.24) is 4.90 Å². The average molecular weight is 470 g/mol. The zero-order valence-electron chi connectivity index (χ0n) is 19.4. The van der Waals surface area contributed by atoms with Gasteiger partial charge >= 0.3 is 0 Å². The standard InChI is InChI=1S/C26H31NO5S/c1-4-31-23-8-5-19(6-9-23)15-27(22-11-12-33(29,30)17-22)26(28)14-21-16-32-25-10-7-20(18(2)3)13-24(21)25/h5-10,13,16,18,22H,4,11-12,14-15,17H2,1-3H3. The summed E-state index contributed by atoms with van der Waals surface area (Å²) in [7, 11) is -3.12. The van der Waals surface area contributed by atoms with Gasteiger partial charge in [0.1, 0.15) is 11.3 Å². The summed E-state index contributed by atoms with van der Waals surface area (Å²) >= 11 is 0. The number of sulfone groups is 1. The molecule has 3 aromatic rings. The molecule has 176 valence electrons. The van der Waals surface area contributed by atoms with E-state index in [1.165, 1.54) is 5.56 Å². The van der Waals surface area contributed by atoms with Crippen molar-refractivity contribution in [2.24, 2.45) is 0 Å². The first kappa shape index (κ1) is 23.4. The van der Waals surface area contributed by atoms with Gasteiger partial charge in [-0.05, 0) is 54.7 Å². The minimum absolute atomic E-state index is 0.0133. The second-order valence-corrected chi connectivity index (χ2v) is 11.2. The molecule has 6 nitrogen and oxygen atoms in total. The van der Waals surface area contributed by atoms with Gasteiger partial charge in [0.25, 0.3) is 0 Å². The van der Waals surface area contributed by atoms with Crippen LogP contribution in [0.5, 0.6) is 5.75 Å². The molecule has 1 unspecified atom stereocenters. The molecule has 0 aliphatic carbocycles. The lowest BCUT2D eigenvalue weighted by atomic mass is 9.99.